The third-order valence-corrected chi connectivity index (χ3v) is 6.16. The van der Waals surface area contributed by atoms with Crippen molar-refractivity contribution in [3.05, 3.63) is 87.4 Å². The summed E-state index contributed by atoms with van der Waals surface area (Å²) in [5.41, 5.74) is 3.20. The van der Waals surface area contributed by atoms with Crippen LogP contribution in [-0.4, -0.2) is 16.3 Å². The highest BCUT2D eigenvalue weighted by atomic mass is 32.1. The van der Waals surface area contributed by atoms with Crippen molar-refractivity contribution in [2.24, 2.45) is 7.05 Å². The molecule has 0 aliphatic carbocycles. The molecule has 0 atom stereocenters. The fraction of sp³-hybridized carbons (Fsp3) is 0.120. The Morgan fingerprint density at radius 1 is 1.19 bits per heavy atom. The Morgan fingerprint density at radius 2 is 2.03 bits per heavy atom. The van der Waals surface area contributed by atoms with Gasteiger partial charge < -0.3 is 14.0 Å². The van der Waals surface area contributed by atoms with Crippen LogP contribution in [0.1, 0.15) is 26.4 Å². The van der Waals surface area contributed by atoms with E-state index in [0.717, 1.165) is 21.3 Å². The number of carbonyl (C=O) groups is 2. The highest BCUT2D eigenvalue weighted by molar-refractivity contribution is 7.10. The number of allylic oxidation sites excluding steroid dienone is 1. The molecular formula is C25H19NO4S. The molecule has 1 aliphatic heterocycles. The number of esters is 1. The predicted octanol–water partition coefficient (Wildman–Crippen LogP) is 5.31. The second-order valence-electron chi connectivity index (χ2n) is 7.50. The van der Waals surface area contributed by atoms with Crippen molar-refractivity contribution in [2.45, 2.75) is 13.3 Å². The monoisotopic (exact) mass is 429 g/mol. The standard InChI is InChI=1S/C25H19NO4S/c1-15-10-17(29-23(27)13-18-6-5-9-31-18)12-21-24(15)25(28)22(30-21)11-16-14-26(2)20-8-4-3-7-19(16)20/h3-12,14H,13H2,1-2H3/b22-11-. The molecule has 31 heavy (non-hydrogen) atoms. The fourth-order valence-corrected chi connectivity index (χ4v) is 4.58. The van der Waals surface area contributed by atoms with E-state index in [1.807, 2.05) is 66.5 Å². The summed E-state index contributed by atoms with van der Waals surface area (Å²) in [5.74, 6) is 0.526. The van der Waals surface area contributed by atoms with Gasteiger partial charge >= 0.3 is 5.97 Å². The zero-order valence-electron chi connectivity index (χ0n) is 17.0. The molecule has 0 saturated heterocycles. The lowest BCUT2D eigenvalue weighted by atomic mass is 10.0. The average Bonchev–Trinajstić information content (AvgIpc) is 3.42. The van der Waals surface area contributed by atoms with Crippen LogP contribution < -0.4 is 9.47 Å². The molecule has 0 radical (unpaired) electrons. The number of para-hydroxylation sites is 1. The zero-order chi connectivity index (χ0) is 21.5. The normalized spacial score (nSPS) is 14.1. The molecular weight excluding hydrogens is 410 g/mol. The van der Waals surface area contributed by atoms with Gasteiger partial charge in [0.05, 0.1) is 12.0 Å². The van der Waals surface area contributed by atoms with Gasteiger partial charge in [0, 0.05) is 40.7 Å². The summed E-state index contributed by atoms with van der Waals surface area (Å²) in [5, 5.41) is 2.97. The average molecular weight is 429 g/mol. The summed E-state index contributed by atoms with van der Waals surface area (Å²) in [6.07, 6.45) is 3.95. The largest absolute Gasteiger partial charge is 0.452 e. The van der Waals surface area contributed by atoms with Crippen molar-refractivity contribution in [1.82, 2.24) is 4.57 Å². The molecule has 0 fully saturated rings. The Hall–Kier alpha value is -3.64. The first-order valence-corrected chi connectivity index (χ1v) is 10.7. The van der Waals surface area contributed by atoms with Crippen LogP contribution in [0.3, 0.4) is 0 Å². The number of aryl methyl sites for hydroxylation is 2. The van der Waals surface area contributed by atoms with Gasteiger partial charge in [-0.1, -0.05) is 24.3 Å². The lowest BCUT2D eigenvalue weighted by Crippen LogP contribution is -2.10. The molecule has 0 saturated carbocycles. The number of thiophene rings is 1. The van der Waals surface area contributed by atoms with E-state index < -0.39 is 0 Å². The highest BCUT2D eigenvalue weighted by Gasteiger charge is 2.30. The molecule has 0 N–H and O–H groups in total. The summed E-state index contributed by atoms with van der Waals surface area (Å²) < 4.78 is 13.4. The molecule has 154 valence electrons. The number of Topliss-reactive ketones (excluding diaryl/α,β-unsaturated/α-hetero) is 1. The van der Waals surface area contributed by atoms with Gasteiger partial charge in [-0.05, 0) is 42.1 Å². The highest BCUT2D eigenvalue weighted by Crippen LogP contribution is 2.38. The predicted molar refractivity (Wildman–Crippen MR) is 121 cm³/mol. The van der Waals surface area contributed by atoms with Gasteiger partial charge in [-0.15, -0.1) is 11.3 Å². The number of benzene rings is 2. The van der Waals surface area contributed by atoms with Crippen molar-refractivity contribution in [1.29, 1.82) is 0 Å². The van der Waals surface area contributed by atoms with Crippen LogP contribution in [0.15, 0.2) is 65.9 Å². The van der Waals surface area contributed by atoms with Crippen LogP contribution in [0.25, 0.3) is 17.0 Å². The molecule has 6 heteroatoms. The van der Waals surface area contributed by atoms with Gasteiger partial charge in [-0.25, -0.2) is 0 Å². The summed E-state index contributed by atoms with van der Waals surface area (Å²) in [4.78, 5) is 26.2. The number of aromatic nitrogens is 1. The van der Waals surface area contributed by atoms with E-state index in [0.29, 0.717) is 22.6 Å². The third-order valence-electron chi connectivity index (χ3n) is 5.29. The first-order valence-electron chi connectivity index (χ1n) is 9.85. The van der Waals surface area contributed by atoms with E-state index in [9.17, 15) is 9.59 Å². The molecule has 0 bridgehead atoms. The van der Waals surface area contributed by atoms with Crippen LogP contribution in [0.2, 0.25) is 0 Å². The van der Waals surface area contributed by atoms with Crippen LogP contribution in [0, 0.1) is 6.92 Å². The molecule has 5 nitrogen and oxygen atoms in total. The van der Waals surface area contributed by atoms with Crippen molar-refractivity contribution >= 4 is 40.1 Å². The van der Waals surface area contributed by atoms with Crippen LogP contribution in [0.4, 0.5) is 0 Å². The summed E-state index contributed by atoms with van der Waals surface area (Å²) in [7, 11) is 1.97. The fourth-order valence-electron chi connectivity index (χ4n) is 3.89. The van der Waals surface area contributed by atoms with E-state index in [4.69, 9.17) is 9.47 Å². The Bertz CT molecular complexity index is 1360. The van der Waals surface area contributed by atoms with Gasteiger partial charge in [0.1, 0.15) is 11.5 Å². The van der Waals surface area contributed by atoms with Gasteiger partial charge in [0.15, 0.2) is 5.76 Å². The van der Waals surface area contributed by atoms with E-state index in [1.165, 1.54) is 11.3 Å². The third kappa shape index (κ3) is 3.55. The zero-order valence-corrected chi connectivity index (χ0v) is 17.9. The molecule has 3 heterocycles. The van der Waals surface area contributed by atoms with Gasteiger partial charge in [-0.3, -0.25) is 9.59 Å². The number of ether oxygens (including phenoxy) is 2. The number of hydrogen-bond donors (Lipinski definition) is 0. The van der Waals surface area contributed by atoms with Gasteiger partial charge in [-0.2, -0.15) is 0 Å². The van der Waals surface area contributed by atoms with Gasteiger partial charge in [0.25, 0.3) is 0 Å². The molecule has 0 unspecified atom stereocenters. The van der Waals surface area contributed by atoms with Crippen molar-refractivity contribution in [3.63, 3.8) is 0 Å². The summed E-state index contributed by atoms with van der Waals surface area (Å²) in [6, 6.07) is 15.1. The van der Waals surface area contributed by atoms with Crippen molar-refractivity contribution in [2.75, 3.05) is 0 Å². The van der Waals surface area contributed by atoms with Crippen molar-refractivity contribution < 1.29 is 19.1 Å². The molecule has 0 amide bonds. The maximum Gasteiger partial charge on any atom is 0.316 e. The van der Waals surface area contributed by atoms with Gasteiger partial charge in [0.2, 0.25) is 5.78 Å². The lowest BCUT2D eigenvalue weighted by molar-refractivity contribution is -0.133. The maximum atomic E-state index is 13.0. The number of fused-ring (bicyclic) bond motifs is 2. The first-order chi connectivity index (χ1) is 15.0. The Kier molecular flexibility index (Phi) is 4.71. The second kappa shape index (κ2) is 7.56. The topological polar surface area (TPSA) is 57.5 Å². The number of ketones is 1. The second-order valence-corrected chi connectivity index (χ2v) is 8.53. The van der Waals surface area contributed by atoms with Crippen molar-refractivity contribution in [3.8, 4) is 11.5 Å². The molecule has 4 aromatic rings. The summed E-state index contributed by atoms with van der Waals surface area (Å²) >= 11 is 1.51. The number of rotatable bonds is 4. The lowest BCUT2D eigenvalue weighted by Gasteiger charge is -2.07. The minimum absolute atomic E-state index is 0.170. The molecule has 1 aliphatic rings. The van der Waals surface area contributed by atoms with Crippen LogP contribution >= 0.6 is 11.3 Å². The van der Waals surface area contributed by atoms with E-state index in [1.54, 1.807) is 18.2 Å². The molecule has 2 aromatic carbocycles. The van der Waals surface area contributed by atoms with E-state index >= 15 is 0 Å². The SMILES string of the molecule is Cc1cc(OC(=O)Cc2cccs2)cc2c1C(=O)/C(=C/c1cn(C)c3ccccc13)O2. The Labute approximate surface area is 183 Å². The molecule has 0 spiro atoms. The molecule has 2 aromatic heterocycles. The Balaban J connectivity index is 1.43. The first kappa shape index (κ1) is 19.3. The Morgan fingerprint density at radius 3 is 2.84 bits per heavy atom. The smallest absolute Gasteiger partial charge is 0.316 e. The minimum atomic E-state index is -0.349. The quantitative estimate of drug-likeness (QED) is 0.251. The van der Waals surface area contributed by atoms with E-state index in [-0.39, 0.29) is 23.9 Å². The van der Waals surface area contributed by atoms with Crippen LogP contribution in [-0.2, 0) is 18.3 Å². The minimum Gasteiger partial charge on any atom is -0.452 e. The maximum absolute atomic E-state index is 13.0. The van der Waals surface area contributed by atoms with Crippen LogP contribution in [0.5, 0.6) is 11.5 Å². The number of nitrogens with zero attached hydrogens (tertiary/aromatic N) is 1. The summed E-state index contributed by atoms with van der Waals surface area (Å²) in [6.45, 7) is 1.82. The van der Waals surface area contributed by atoms with E-state index in [2.05, 4.69) is 0 Å². The number of carbonyl (C=O) groups excluding carboxylic acids is 2. The number of hydrogen-bond acceptors (Lipinski definition) is 5. The molecule has 5 rings (SSSR count).